The zero-order chi connectivity index (χ0) is 14.6. The molecule has 1 atom stereocenters. The van der Waals surface area contributed by atoms with E-state index in [1.807, 2.05) is 24.7 Å². The molecule has 0 radical (unpaired) electrons. The third kappa shape index (κ3) is 4.06. The summed E-state index contributed by atoms with van der Waals surface area (Å²) < 4.78 is 1.94. The van der Waals surface area contributed by atoms with Crippen LogP contribution in [0.2, 0.25) is 0 Å². The molecular weight excluding hydrogens is 240 g/mol. The summed E-state index contributed by atoms with van der Waals surface area (Å²) in [6.07, 6.45) is 3.93. The Balaban J connectivity index is 2.59. The minimum Gasteiger partial charge on any atom is -0.359 e. The van der Waals surface area contributed by atoms with Crippen LogP contribution in [-0.2, 0) is 4.79 Å². The lowest BCUT2D eigenvalue weighted by Crippen LogP contribution is -2.42. The molecule has 0 aliphatic heterocycles. The molecular formula is C14H26N4O. The average molecular weight is 266 g/mol. The lowest BCUT2D eigenvalue weighted by Gasteiger charge is -2.25. The van der Waals surface area contributed by atoms with E-state index in [2.05, 4.69) is 42.7 Å². The Morgan fingerprint density at radius 1 is 1.42 bits per heavy atom. The normalized spacial score (nSPS) is 13.6. The van der Waals surface area contributed by atoms with Gasteiger partial charge in [0.1, 0.15) is 0 Å². The van der Waals surface area contributed by atoms with Gasteiger partial charge in [-0.05, 0) is 34.6 Å². The quantitative estimate of drug-likeness (QED) is 0.826. The summed E-state index contributed by atoms with van der Waals surface area (Å²) in [5.74, 6) is 0.0464. The topological polar surface area (TPSA) is 59.0 Å². The Labute approximate surface area is 115 Å². The number of hydrogen-bond donors (Lipinski definition) is 2. The standard InChI is InChI=1S/C14H26N4O/c1-10(2)18-8-12(7-17-18)11(3)16-9-14(4,5)13(19)15-6/h7-8,10-11,16H,9H2,1-6H3,(H,15,19). The third-order valence-electron chi connectivity index (χ3n) is 3.34. The van der Waals surface area contributed by atoms with Crippen LogP contribution in [0.5, 0.6) is 0 Å². The summed E-state index contributed by atoms with van der Waals surface area (Å²) in [4.78, 5) is 11.7. The molecule has 19 heavy (non-hydrogen) atoms. The summed E-state index contributed by atoms with van der Waals surface area (Å²) in [5, 5.41) is 10.4. The summed E-state index contributed by atoms with van der Waals surface area (Å²) in [7, 11) is 1.67. The molecule has 1 aromatic heterocycles. The lowest BCUT2D eigenvalue weighted by molar-refractivity contribution is -0.128. The number of nitrogens with one attached hydrogen (secondary N) is 2. The molecule has 0 aromatic carbocycles. The second-order valence-electron chi connectivity index (χ2n) is 5.91. The zero-order valence-electron chi connectivity index (χ0n) is 12.8. The summed E-state index contributed by atoms with van der Waals surface area (Å²) in [5.41, 5.74) is 0.721. The van der Waals surface area contributed by atoms with Crippen LogP contribution in [-0.4, -0.2) is 29.3 Å². The van der Waals surface area contributed by atoms with Crippen LogP contribution in [0.4, 0.5) is 0 Å². The summed E-state index contributed by atoms with van der Waals surface area (Å²) in [6, 6.07) is 0.541. The highest BCUT2D eigenvalue weighted by atomic mass is 16.2. The molecule has 1 aromatic rings. The third-order valence-corrected chi connectivity index (χ3v) is 3.34. The van der Waals surface area contributed by atoms with Crippen molar-refractivity contribution < 1.29 is 4.79 Å². The second-order valence-corrected chi connectivity index (χ2v) is 5.91. The van der Waals surface area contributed by atoms with Gasteiger partial charge < -0.3 is 10.6 Å². The van der Waals surface area contributed by atoms with Crippen molar-refractivity contribution in [2.75, 3.05) is 13.6 Å². The fraction of sp³-hybridized carbons (Fsp3) is 0.714. The SMILES string of the molecule is CNC(=O)C(C)(C)CNC(C)c1cnn(C(C)C)c1. The molecule has 1 rings (SSSR count). The van der Waals surface area contributed by atoms with E-state index < -0.39 is 5.41 Å². The molecule has 1 heterocycles. The molecule has 0 saturated carbocycles. The van der Waals surface area contributed by atoms with Gasteiger partial charge in [0.15, 0.2) is 0 Å². The molecule has 5 heteroatoms. The van der Waals surface area contributed by atoms with Gasteiger partial charge in [-0.25, -0.2) is 0 Å². The first-order valence-corrected chi connectivity index (χ1v) is 6.77. The predicted molar refractivity (Wildman–Crippen MR) is 76.9 cm³/mol. The molecule has 0 bridgehead atoms. The first-order valence-electron chi connectivity index (χ1n) is 6.77. The first-order chi connectivity index (χ1) is 8.77. The van der Waals surface area contributed by atoms with Gasteiger partial charge in [0, 0.05) is 37.4 Å². The Bertz CT molecular complexity index is 423. The van der Waals surface area contributed by atoms with Gasteiger partial charge in [-0.1, -0.05) is 0 Å². The Morgan fingerprint density at radius 2 is 2.05 bits per heavy atom. The molecule has 0 fully saturated rings. The largest absolute Gasteiger partial charge is 0.359 e. The average Bonchev–Trinajstić information content (AvgIpc) is 2.84. The summed E-state index contributed by atoms with van der Waals surface area (Å²) >= 11 is 0. The van der Waals surface area contributed by atoms with Crippen molar-refractivity contribution in [2.45, 2.75) is 46.7 Å². The Hall–Kier alpha value is -1.36. The Kier molecular flexibility index (Phi) is 5.11. The molecule has 0 aliphatic rings. The van der Waals surface area contributed by atoms with Crippen LogP contribution in [0.25, 0.3) is 0 Å². The van der Waals surface area contributed by atoms with Crippen LogP contribution in [0, 0.1) is 5.41 Å². The molecule has 0 saturated heterocycles. The molecule has 1 unspecified atom stereocenters. The van der Waals surface area contributed by atoms with Gasteiger partial charge in [0.25, 0.3) is 0 Å². The highest BCUT2D eigenvalue weighted by Crippen LogP contribution is 2.18. The number of hydrogen-bond acceptors (Lipinski definition) is 3. The maximum atomic E-state index is 11.7. The second kappa shape index (κ2) is 6.19. The number of amides is 1. The van der Waals surface area contributed by atoms with E-state index in [4.69, 9.17) is 0 Å². The number of rotatable bonds is 6. The molecule has 2 N–H and O–H groups in total. The van der Waals surface area contributed by atoms with Crippen molar-refractivity contribution in [2.24, 2.45) is 5.41 Å². The van der Waals surface area contributed by atoms with Gasteiger partial charge in [-0.15, -0.1) is 0 Å². The highest BCUT2D eigenvalue weighted by molar-refractivity contribution is 5.81. The smallest absolute Gasteiger partial charge is 0.226 e. The maximum Gasteiger partial charge on any atom is 0.226 e. The molecule has 0 spiro atoms. The highest BCUT2D eigenvalue weighted by Gasteiger charge is 2.27. The van der Waals surface area contributed by atoms with Crippen molar-refractivity contribution >= 4 is 5.91 Å². The van der Waals surface area contributed by atoms with Gasteiger partial charge in [-0.3, -0.25) is 9.48 Å². The van der Waals surface area contributed by atoms with Gasteiger partial charge >= 0.3 is 0 Å². The van der Waals surface area contributed by atoms with Crippen molar-refractivity contribution in [3.8, 4) is 0 Å². The monoisotopic (exact) mass is 266 g/mol. The minimum atomic E-state index is -0.420. The van der Waals surface area contributed by atoms with Crippen LogP contribution in [0.1, 0.15) is 52.3 Å². The van der Waals surface area contributed by atoms with Crippen molar-refractivity contribution in [3.05, 3.63) is 18.0 Å². The van der Waals surface area contributed by atoms with Crippen molar-refractivity contribution in [3.63, 3.8) is 0 Å². The molecule has 1 amide bonds. The maximum absolute atomic E-state index is 11.7. The number of nitrogens with zero attached hydrogens (tertiary/aromatic N) is 2. The number of carbonyl (C=O) groups is 1. The van der Waals surface area contributed by atoms with E-state index in [0.717, 1.165) is 5.56 Å². The van der Waals surface area contributed by atoms with E-state index in [1.165, 1.54) is 0 Å². The minimum absolute atomic E-state index is 0.0464. The van der Waals surface area contributed by atoms with Gasteiger partial charge in [0.2, 0.25) is 5.91 Å². The van der Waals surface area contributed by atoms with E-state index >= 15 is 0 Å². The fourth-order valence-corrected chi connectivity index (χ4v) is 1.80. The molecule has 5 nitrogen and oxygen atoms in total. The molecule has 108 valence electrons. The Morgan fingerprint density at radius 3 is 2.53 bits per heavy atom. The van der Waals surface area contributed by atoms with E-state index in [9.17, 15) is 4.79 Å². The van der Waals surface area contributed by atoms with Crippen LogP contribution >= 0.6 is 0 Å². The molecule has 0 aliphatic carbocycles. The van der Waals surface area contributed by atoms with E-state index in [-0.39, 0.29) is 11.9 Å². The zero-order valence-corrected chi connectivity index (χ0v) is 12.8. The number of aromatic nitrogens is 2. The van der Waals surface area contributed by atoms with E-state index in [1.54, 1.807) is 7.05 Å². The summed E-state index contributed by atoms with van der Waals surface area (Å²) in [6.45, 7) is 10.8. The van der Waals surface area contributed by atoms with Gasteiger partial charge in [0.05, 0.1) is 11.6 Å². The predicted octanol–water partition coefficient (Wildman–Crippen LogP) is 1.89. The van der Waals surface area contributed by atoms with E-state index in [0.29, 0.717) is 12.6 Å². The number of carbonyl (C=O) groups excluding carboxylic acids is 1. The van der Waals surface area contributed by atoms with Crippen molar-refractivity contribution in [1.82, 2.24) is 20.4 Å². The lowest BCUT2D eigenvalue weighted by atomic mass is 9.92. The van der Waals surface area contributed by atoms with Crippen LogP contribution in [0.15, 0.2) is 12.4 Å². The first kappa shape index (κ1) is 15.7. The van der Waals surface area contributed by atoms with Gasteiger partial charge in [-0.2, -0.15) is 5.10 Å². The van der Waals surface area contributed by atoms with Crippen LogP contribution in [0.3, 0.4) is 0 Å². The fourth-order valence-electron chi connectivity index (χ4n) is 1.80. The van der Waals surface area contributed by atoms with Crippen LogP contribution < -0.4 is 10.6 Å². The van der Waals surface area contributed by atoms with Crippen molar-refractivity contribution in [1.29, 1.82) is 0 Å².